The highest BCUT2D eigenvalue weighted by molar-refractivity contribution is 6.32. The highest BCUT2D eigenvalue weighted by atomic mass is 35.5. The van der Waals surface area contributed by atoms with E-state index in [1.807, 2.05) is 24.3 Å². The summed E-state index contributed by atoms with van der Waals surface area (Å²) in [6.45, 7) is 1.03. The summed E-state index contributed by atoms with van der Waals surface area (Å²) < 4.78 is 0. The maximum Gasteiger partial charge on any atom is 0.335 e. The highest BCUT2D eigenvalue weighted by Crippen LogP contribution is 2.21. The minimum absolute atomic E-state index is 0.110. The molecule has 0 bridgehead atoms. The van der Waals surface area contributed by atoms with Crippen LogP contribution in [0.15, 0.2) is 48.5 Å². The number of rotatable bonds is 3. The average Bonchev–Trinajstić information content (AvgIpc) is 2.59. The van der Waals surface area contributed by atoms with E-state index in [0.717, 1.165) is 23.1 Å². The molecule has 3 rings (SSSR count). The van der Waals surface area contributed by atoms with Crippen LogP contribution in [0, 0.1) is 0 Å². The third-order valence-electron chi connectivity index (χ3n) is 4.09. The van der Waals surface area contributed by atoms with E-state index in [-0.39, 0.29) is 11.5 Å². The smallest absolute Gasteiger partial charge is 0.335 e. The number of halogens is 1. The fourth-order valence-electron chi connectivity index (χ4n) is 2.75. The molecule has 2 aromatic rings. The average molecular weight is 342 g/mol. The number of hydrogen-bond acceptors (Lipinski definition) is 2. The molecule has 1 aliphatic rings. The van der Waals surface area contributed by atoms with Gasteiger partial charge in [-0.15, -0.1) is 0 Å². The Labute approximate surface area is 145 Å². The van der Waals surface area contributed by atoms with Crippen LogP contribution in [0.4, 0.5) is 0 Å². The molecule has 4 nitrogen and oxygen atoms in total. The summed E-state index contributed by atoms with van der Waals surface area (Å²) in [6.07, 6.45) is 3.93. The van der Waals surface area contributed by atoms with E-state index in [1.54, 1.807) is 29.2 Å². The molecule has 0 spiro atoms. The van der Waals surface area contributed by atoms with Gasteiger partial charge < -0.3 is 10.0 Å². The number of fused-ring (bicyclic) bond motifs is 1. The number of carbonyl (C=O) groups is 2. The van der Waals surface area contributed by atoms with Crippen molar-refractivity contribution in [1.29, 1.82) is 0 Å². The molecule has 0 aromatic heterocycles. The lowest BCUT2D eigenvalue weighted by Crippen LogP contribution is -2.34. The Morgan fingerprint density at radius 2 is 1.92 bits per heavy atom. The monoisotopic (exact) mass is 341 g/mol. The molecule has 1 aliphatic heterocycles. The zero-order valence-corrected chi connectivity index (χ0v) is 13.7. The molecule has 0 unspecified atom stereocenters. The Morgan fingerprint density at radius 1 is 1.12 bits per heavy atom. The van der Waals surface area contributed by atoms with E-state index < -0.39 is 5.97 Å². The van der Waals surface area contributed by atoms with Crippen molar-refractivity contribution < 1.29 is 14.7 Å². The molecule has 0 saturated carbocycles. The first-order chi connectivity index (χ1) is 11.5. The standard InChI is InChI=1S/C19H16ClNO3/c20-17-4-2-1-3-14(17)7-8-18(22)21-10-9-13-5-6-15(19(23)24)11-16(13)12-21/h1-8,11H,9-10,12H2,(H,23,24). The van der Waals surface area contributed by atoms with Gasteiger partial charge in [0.05, 0.1) is 5.56 Å². The van der Waals surface area contributed by atoms with E-state index in [2.05, 4.69) is 0 Å². The minimum atomic E-state index is -0.958. The number of aromatic carboxylic acids is 1. The molecule has 24 heavy (non-hydrogen) atoms. The Hall–Kier alpha value is -2.59. The minimum Gasteiger partial charge on any atom is -0.478 e. The Kier molecular flexibility index (Phi) is 4.67. The summed E-state index contributed by atoms with van der Waals surface area (Å²) in [5.41, 5.74) is 3.02. The van der Waals surface area contributed by atoms with Crippen LogP contribution in [0.3, 0.4) is 0 Å². The van der Waals surface area contributed by atoms with Gasteiger partial charge in [0.1, 0.15) is 0 Å². The van der Waals surface area contributed by atoms with Gasteiger partial charge in [-0.25, -0.2) is 4.79 Å². The van der Waals surface area contributed by atoms with Crippen molar-refractivity contribution in [1.82, 2.24) is 4.90 Å². The van der Waals surface area contributed by atoms with Crippen LogP contribution in [0.2, 0.25) is 5.02 Å². The van der Waals surface area contributed by atoms with Gasteiger partial charge >= 0.3 is 5.97 Å². The summed E-state index contributed by atoms with van der Waals surface area (Å²) in [6, 6.07) is 12.4. The third kappa shape index (κ3) is 3.49. The van der Waals surface area contributed by atoms with Gasteiger partial charge in [0.25, 0.3) is 0 Å². The largest absolute Gasteiger partial charge is 0.478 e. The zero-order chi connectivity index (χ0) is 17.1. The van der Waals surface area contributed by atoms with Crippen molar-refractivity contribution in [3.8, 4) is 0 Å². The predicted octanol–water partition coefficient (Wildman–Crippen LogP) is 3.64. The number of hydrogen-bond donors (Lipinski definition) is 1. The Balaban J connectivity index is 1.75. The molecule has 1 amide bonds. The molecule has 0 saturated heterocycles. The van der Waals surface area contributed by atoms with Crippen LogP contribution in [0.5, 0.6) is 0 Å². The quantitative estimate of drug-likeness (QED) is 0.867. The number of amides is 1. The molecule has 1 heterocycles. The fourth-order valence-corrected chi connectivity index (χ4v) is 2.95. The van der Waals surface area contributed by atoms with Crippen LogP contribution in [-0.4, -0.2) is 28.4 Å². The van der Waals surface area contributed by atoms with E-state index in [0.29, 0.717) is 18.1 Å². The van der Waals surface area contributed by atoms with Gasteiger partial charge in [-0.1, -0.05) is 35.9 Å². The molecule has 0 radical (unpaired) electrons. The van der Waals surface area contributed by atoms with E-state index in [4.69, 9.17) is 16.7 Å². The summed E-state index contributed by atoms with van der Waals surface area (Å²) in [7, 11) is 0. The van der Waals surface area contributed by atoms with Gasteiger partial charge in [-0.3, -0.25) is 4.79 Å². The van der Waals surface area contributed by atoms with Crippen LogP contribution in [-0.2, 0) is 17.8 Å². The first-order valence-corrected chi connectivity index (χ1v) is 7.99. The molecule has 0 atom stereocenters. The van der Waals surface area contributed by atoms with Crippen molar-refractivity contribution in [3.63, 3.8) is 0 Å². The van der Waals surface area contributed by atoms with Gasteiger partial charge in [0, 0.05) is 24.2 Å². The normalized spacial score (nSPS) is 13.8. The maximum absolute atomic E-state index is 12.4. The third-order valence-corrected chi connectivity index (χ3v) is 4.43. The van der Waals surface area contributed by atoms with Gasteiger partial charge in [0.2, 0.25) is 5.91 Å². The molecular formula is C19H16ClNO3. The Bertz CT molecular complexity index is 829. The number of carboxylic acid groups (broad SMARTS) is 1. The summed E-state index contributed by atoms with van der Waals surface area (Å²) in [5, 5.41) is 9.69. The lowest BCUT2D eigenvalue weighted by molar-refractivity contribution is -0.126. The molecule has 122 valence electrons. The van der Waals surface area contributed by atoms with Crippen molar-refractivity contribution in [3.05, 3.63) is 75.8 Å². The molecule has 0 aliphatic carbocycles. The Morgan fingerprint density at radius 3 is 2.67 bits per heavy atom. The first kappa shape index (κ1) is 16.3. The van der Waals surface area contributed by atoms with Crippen LogP contribution < -0.4 is 0 Å². The second-order valence-corrected chi connectivity index (χ2v) is 6.06. The number of carbonyl (C=O) groups excluding carboxylic acids is 1. The molecule has 2 aromatic carbocycles. The molecule has 0 fully saturated rings. The van der Waals surface area contributed by atoms with Crippen LogP contribution in [0.1, 0.15) is 27.0 Å². The first-order valence-electron chi connectivity index (χ1n) is 7.61. The zero-order valence-electron chi connectivity index (χ0n) is 12.9. The van der Waals surface area contributed by atoms with Crippen molar-refractivity contribution in [2.45, 2.75) is 13.0 Å². The van der Waals surface area contributed by atoms with Gasteiger partial charge in [-0.2, -0.15) is 0 Å². The highest BCUT2D eigenvalue weighted by Gasteiger charge is 2.20. The molecular weight excluding hydrogens is 326 g/mol. The van der Waals surface area contributed by atoms with Crippen LogP contribution >= 0.6 is 11.6 Å². The van der Waals surface area contributed by atoms with Crippen LogP contribution in [0.25, 0.3) is 6.08 Å². The topological polar surface area (TPSA) is 57.6 Å². The van der Waals surface area contributed by atoms with Crippen molar-refractivity contribution in [2.24, 2.45) is 0 Å². The summed E-state index contributed by atoms with van der Waals surface area (Å²) in [5.74, 6) is -1.07. The lowest BCUT2D eigenvalue weighted by atomic mass is 9.97. The lowest BCUT2D eigenvalue weighted by Gasteiger charge is -2.28. The van der Waals surface area contributed by atoms with Gasteiger partial charge in [0.15, 0.2) is 0 Å². The van der Waals surface area contributed by atoms with Gasteiger partial charge in [-0.05, 0) is 47.4 Å². The second-order valence-electron chi connectivity index (χ2n) is 5.65. The van der Waals surface area contributed by atoms with Crippen molar-refractivity contribution in [2.75, 3.05) is 6.54 Å². The SMILES string of the molecule is O=C(O)c1ccc2c(c1)CN(C(=O)C=Cc1ccccc1Cl)CC2. The fraction of sp³-hybridized carbons (Fsp3) is 0.158. The maximum atomic E-state index is 12.4. The number of carboxylic acids is 1. The summed E-state index contributed by atoms with van der Waals surface area (Å²) >= 11 is 6.08. The van der Waals surface area contributed by atoms with E-state index in [9.17, 15) is 9.59 Å². The molecule has 5 heteroatoms. The number of nitrogens with zero attached hydrogens (tertiary/aromatic N) is 1. The van der Waals surface area contributed by atoms with E-state index in [1.165, 1.54) is 6.08 Å². The second kappa shape index (κ2) is 6.89. The number of benzene rings is 2. The van der Waals surface area contributed by atoms with E-state index >= 15 is 0 Å². The predicted molar refractivity (Wildman–Crippen MR) is 93.0 cm³/mol. The van der Waals surface area contributed by atoms with Crippen molar-refractivity contribution >= 4 is 29.6 Å². The molecule has 1 N–H and O–H groups in total. The summed E-state index contributed by atoms with van der Waals surface area (Å²) in [4.78, 5) is 25.2.